The van der Waals surface area contributed by atoms with Crippen molar-refractivity contribution in [1.29, 1.82) is 0 Å². The number of rotatable bonds is 7. The van der Waals surface area contributed by atoms with Crippen molar-refractivity contribution in [2.45, 2.75) is 49.1 Å². The molecule has 3 N–H and O–H groups in total. The van der Waals surface area contributed by atoms with Gasteiger partial charge in [-0.25, -0.2) is 13.1 Å². The maximum Gasteiger partial charge on any atom is 0.242 e. The number of hydrogen-bond acceptors (Lipinski definition) is 4. The number of benzene rings is 1. The molecule has 0 aromatic heterocycles. The number of anilines is 1. The third kappa shape index (κ3) is 3.96. The molecule has 2 aliphatic rings. The second-order valence-corrected chi connectivity index (χ2v) is 7.58. The zero-order valence-electron chi connectivity index (χ0n) is 12.1. The Labute approximate surface area is 126 Å². The van der Waals surface area contributed by atoms with Crippen molar-refractivity contribution >= 4 is 15.7 Å². The third-order valence-corrected chi connectivity index (χ3v) is 5.63. The number of nitrogens with one attached hydrogen (secondary N) is 3. The van der Waals surface area contributed by atoms with E-state index >= 15 is 0 Å². The molecule has 1 unspecified atom stereocenters. The molecule has 1 atom stereocenters. The van der Waals surface area contributed by atoms with Crippen molar-refractivity contribution in [2.24, 2.45) is 0 Å². The van der Waals surface area contributed by atoms with Gasteiger partial charge in [-0.3, -0.25) is 0 Å². The standard InChI is InChI=1S/C15H23N3O2S/c19-21(20,18-13-7-8-13)15-6-2-1-5-14(15)17-11-9-12-4-3-10-16-12/h1-2,5-6,12-13,16-18H,3-4,7-11H2. The zero-order valence-corrected chi connectivity index (χ0v) is 13.0. The molecule has 116 valence electrons. The first-order chi connectivity index (χ1) is 10.1. The van der Waals surface area contributed by atoms with Crippen LogP contribution in [0.3, 0.4) is 0 Å². The van der Waals surface area contributed by atoms with E-state index in [1.54, 1.807) is 12.1 Å². The van der Waals surface area contributed by atoms with Gasteiger partial charge in [-0.1, -0.05) is 12.1 Å². The van der Waals surface area contributed by atoms with Crippen LogP contribution in [0, 0.1) is 0 Å². The van der Waals surface area contributed by atoms with E-state index in [-0.39, 0.29) is 6.04 Å². The molecule has 6 heteroatoms. The summed E-state index contributed by atoms with van der Waals surface area (Å²) in [5.41, 5.74) is 0.698. The van der Waals surface area contributed by atoms with Crippen LogP contribution in [0.25, 0.3) is 0 Å². The van der Waals surface area contributed by atoms with Crippen molar-refractivity contribution in [3.05, 3.63) is 24.3 Å². The van der Waals surface area contributed by atoms with E-state index in [1.807, 2.05) is 12.1 Å². The minimum atomic E-state index is -3.41. The van der Waals surface area contributed by atoms with E-state index in [4.69, 9.17) is 0 Å². The summed E-state index contributed by atoms with van der Waals surface area (Å²) in [6.45, 7) is 1.88. The number of hydrogen-bond donors (Lipinski definition) is 3. The third-order valence-electron chi connectivity index (χ3n) is 4.05. The molecule has 1 aliphatic heterocycles. The molecule has 21 heavy (non-hydrogen) atoms. The Kier molecular flexibility index (Phi) is 4.47. The maximum absolute atomic E-state index is 12.4. The molecule has 2 fully saturated rings. The van der Waals surface area contributed by atoms with Crippen molar-refractivity contribution < 1.29 is 8.42 Å². The van der Waals surface area contributed by atoms with Crippen molar-refractivity contribution in [3.63, 3.8) is 0 Å². The lowest BCUT2D eigenvalue weighted by atomic mass is 10.1. The van der Waals surface area contributed by atoms with Crippen LogP contribution in [0.4, 0.5) is 5.69 Å². The molecule has 1 aromatic rings. The molecule has 1 aliphatic carbocycles. The summed E-state index contributed by atoms with van der Waals surface area (Å²) in [6.07, 6.45) is 5.36. The summed E-state index contributed by atoms with van der Waals surface area (Å²) in [5, 5.41) is 6.73. The lowest BCUT2D eigenvalue weighted by molar-refractivity contribution is 0.573. The van der Waals surface area contributed by atoms with Crippen LogP contribution in [0.5, 0.6) is 0 Å². The van der Waals surface area contributed by atoms with E-state index in [2.05, 4.69) is 15.4 Å². The first-order valence-electron chi connectivity index (χ1n) is 7.74. The summed E-state index contributed by atoms with van der Waals surface area (Å²) < 4.78 is 27.5. The quantitative estimate of drug-likeness (QED) is 0.717. The molecular weight excluding hydrogens is 286 g/mol. The summed E-state index contributed by atoms with van der Waals surface area (Å²) in [7, 11) is -3.41. The molecule has 0 bridgehead atoms. The molecular formula is C15H23N3O2S. The first kappa shape index (κ1) is 14.8. The summed E-state index contributed by atoms with van der Waals surface area (Å²) in [4.78, 5) is 0.358. The van der Waals surface area contributed by atoms with E-state index in [0.29, 0.717) is 16.6 Å². The highest BCUT2D eigenvalue weighted by molar-refractivity contribution is 7.89. The van der Waals surface area contributed by atoms with Crippen LogP contribution in [0.15, 0.2) is 29.2 Å². The SMILES string of the molecule is O=S(=O)(NC1CC1)c1ccccc1NCCC1CCCN1. The van der Waals surface area contributed by atoms with E-state index < -0.39 is 10.0 Å². The molecule has 1 aromatic carbocycles. The maximum atomic E-state index is 12.4. The first-order valence-corrected chi connectivity index (χ1v) is 9.22. The Bertz CT molecular complexity index is 578. The molecule has 0 spiro atoms. The van der Waals surface area contributed by atoms with Crippen molar-refractivity contribution in [3.8, 4) is 0 Å². The summed E-state index contributed by atoms with van der Waals surface area (Å²) >= 11 is 0. The van der Waals surface area contributed by atoms with E-state index in [1.165, 1.54) is 12.8 Å². The highest BCUT2D eigenvalue weighted by atomic mass is 32.2. The molecule has 5 nitrogen and oxygen atoms in total. The number of sulfonamides is 1. The fourth-order valence-corrected chi connectivity index (χ4v) is 4.20. The largest absolute Gasteiger partial charge is 0.384 e. The Morgan fingerprint density at radius 1 is 1.19 bits per heavy atom. The molecule has 1 saturated heterocycles. The molecule has 0 radical (unpaired) electrons. The summed E-state index contributed by atoms with van der Waals surface area (Å²) in [6, 6.07) is 7.83. The average Bonchev–Trinajstić information content (AvgIpc) is 3.11. The predicted molar refractivity (Wildman–Crippen MR) is 83.9 cm³/mol. The highest BCUT2D eigenvalue weighted by Gasteiger charge is 2.29. The molecule has 1 heterocycles. The van der Waals surface area contributed by atoms with Crippen LogP contribution >= 0.6 is 0 Å². The van der Waals surface area contributed by atoms with Gasteiger partial charge in [0.15, 0.2) is 0 Å². The van der Waals surface area contributed by atoms with Gasteiger partial charge < -0.3 is 10.6 Å². The molecule has 0 amide bonds. The predicted octanol–water partition coefficient (Wildman–Crippen LogP) is 1.68. The van der Waals surface area contributed by atoms with Gasteiger partial charge in [-0.15, -0.1) is 0 Å². The van der Waals surface area contributed by atoms with Gasteiger partial charge in [0, 0.05) is 18.6 Å². The Balaban J connectivity index is 1.64. The Morgan fingerprint density at radius 3 is 2.71 bits per heavy atom. The zero-order chi connectivity index (χ0) is 14.7. The van der Waals surface area contributed by atoms with Crippen LogP contribution < -0.4 is 15.4 Å². The van der Waals surface area contributed by atoms with Gasteiger partial charge in [0.25, 0.3) is 0 Å². The normalized spacial score (nSPS) is 22.4. The van der Waals surface area contributed by atoms with Gasteiger partial charge in [0.05, 0.1) is 5.69 Å². The topological polar surface area (TPSA) is 70.2 Å². The van der Waals surface area contributed by atoms with Gasteiger partial charge in [0.1, 0.15) is 4.90 Å². The van der Waals surface area contributed by atoms with Gasteiger partial charge in [-0.05, 0) is 50.8 Å². The Hall–Kier alpha value is -1.11. The van der Waals surface area contributed by atoms with E-state index in [9.17, 15) is 8.42 Å². The smallest absolute Gasteiger partial charge is 0.242 e. The number of para-hydroxylation sites is 1. The van der Waals surface area contributed by atoms with E-state index in [0.717, 1.165) is 32.4 Å². The Morgan fingerprint density at radius 2 is 2.00 bits per heavy atom. The molecule has 1 saturated carbocycles. The second kappa shape index (κ2) is 6.34. The fourth-order valence-electron chi connectivity index (χ4n) is 2.72. The lowest BCUT2D eigenvalue weighted by Gasteiger charge is -2.15. The van der Waals surface area contributed by atoms with Crippen LogP contribution in [-0.2, 0) is 10.0 Å². The van der Waals surface area contributed by atoms with Crippen molar-refractivity contribution in [2.75, 3.05) is 18.4 Å². The van der Waals surface area contributed by atoms with Crippen LogP contribution in [0.1, 0.15) is 32.1 Å². The average molecular weight is 309 g/mol. The molecule has 3 rings (SSSR count). The van der Waals surface area contributed by atoms with Gasteiger partial charge in [-0.2, -0.15) is 0 Å². The van der Waals surface area contributed by atoms with Crippen LogP contribution in [-0.4, -0.2) is 33.6 Å². The lowest BCUT2D eigenvalue weighted by Crippen LogP contribution is -2.27. The highest BCUT2D eigenvalue weighted by Crippen LogP contribution is 2.26. The minimum Gasteiger partial charge on any atom is -0.384 e. The second-order valence-electron chi connectivity index (χ2n) is 5.90. The van der Waals surface area contributed by atoms with Crippen LogP contribution in [0.2, 0.25) is 0 Å². The van der Waals surface area contributed by atoms with Crippen molar-refractivity contribution in [1.82, 2.24) is 10.0 Å². The summed E-state index contributed by atoms with van der Waals surface area (Å²) in [5.74, 6) is 0. The van der Waals surface area contributed by atoms with Gasteiger partial charge in [0.2, 0.25) is 10.0 Å². The van der Waals surface area contributed by atoms with Gasteiger partial charge >= 0.3 is 0 Å². The monoisotopic (exact) mass is 309 g/mol. The fraction of sp³-hybridized carbons (Fsp3) is 0.600. The minimum absolute atomic E-state index is 0.130.